The maximum Gasteiger partial charge on any atom is 0.0498 e. The Labute approximate surface area is 134 Å². The van der Waals surface area contributed by atoms with Gasteiger partial charge < -0.3 is 10.1 Å². The summed E-state index contributed by atoms with van der Waals surface area (Å²) in [5.74, 6) is 1.25. The summed E-state index contributed by atoms with van der Waals surface area (Å²) < 4.78 is 16.8. The minimum absolute atomic E-state index is 0.411. The number of rotatable bonds is 6. The van der Waals surface area contributed by atoms with E-state index < -0.39 is 10.8 Å². The van der Waals surface area contributed by atoms with Crippen molar-refractivity contribution in [1.29, 1.82) is 0 Å². The van der Waals surface area contributed by atoms with Crippen LogP contribution in [0.5, 0.6) is 0 Å². The first-order valence-electron chi connectivity index (χ1n) is 7.47. The Morgan fingerprint density at radius 1 is 1.43 bits per heavy atom. The Morgan fingerprint density at radius 2 is 2.14 bits per heavy atom. The molecule has 0 aromatic heterocycles. The molecule has 1 saturated heterocycles. The van der Waals surface area contributed by atoms with Gasteiger partial charge in [0.2, 0.25) is 0 Å². The van der Waals surface area contributed by atoms with Crippen molar-refractivity contribution in [2.24, 2.45) is 5.92 Å². The molecule has 0 radical (unpaired) electrons. The number of hydrogen-bond acceptors (Lipinski definition) is 3. The van der Waals surface area contributed by atoms with Gasteiger partial charge in [0.05, 0.1) is 0 Å². The Balaban J connectivity index is 1.93. The molecule has 118 valence electrons. The van der Waals surface area contributed by atoms with Crippen molar-refractivity contribution >= 4 is 28.1 Å². The third-order valence-corrected chi connectivity index (χ3v) is 4.93. The number of hydrogen-bond donors (Lipinski definition) is 1. The molecule has 3 nitrogen and oxygen atoms in total. The predicted molar refractivity (Wildman–Crippen MR) is 90.5 cm³/mol. The molecule has 5 heteroatoms. The molecule has 0 aliphatic carbocycles. The van der Waals surface area contributed by atoms with Crippen LogP contribution in [0.4, 0.5) is 5.69 Å². The van der Waals surface area contributed by atoms with Gasteiger partial charge in [0.1, 0.15) is 0 Å². The lowest BCUT2D eigenvalue weighted by Gasteiger charge is -2.26. The van der Waals surface area contributed by atoms with Gasteiger partial charge in [0.15, 0.2) is 0 Å². The lowest BCUT2D eigenvalue weighted by Crippen LogP contribution is -2.24. The van der Waals surface area contributed by atoms with E-state index in [0.29, 0.717) is 16.8 Å². The van der Waals surface area contributed by atoms with Gasteiger partial charge in [0.25, 0.3) is 0 Å². The fraction of sp³-hybridized carbons (Fsp3) is 0.625. The number of halogens is 1. The summed E-state index contributed by atoms with van der Waals surface area (Å²) in [4.78, 5) is 0. The highest BCUT2D eigenvalue weighted by atomic mass is 35.5. The molecule has 0 spiro atoms. The van der Waals surface area contributed by atoms with Crippen LogP contribution in [0.15, 0.2) is 18.2 Å². The Bertz CT molecular complexity index is 489. The second-order valence-electron chi connectivity index (χ2n) is 5.86. The van der Waals surface area contributed by atoms with Gasteiger partial charge >= 0.3 is 0 Å². The molecule has 0 unspecified atom stereocenters. The summed E-state index contributed by atoms with van der Waals surface area (Å²) in [6, 6.07) is 6.30. The summed E-state index contributed by atoms with van der Waals surface area (Å²) in [5, 5.41) is 4.22. The second-order valence-corrected chi connectivity index (χ2v) is 7.70. The molecule has 2 rings (SSSR count). The maximum absolute atomic E-state index is 11.4. The summed E-state index contributed by atoms with van der Waals surface area (Å²) in [7, 11) is -0.880. The third kappa shape index (κ3) is 5.61. The van der Waals surface area contributed by atoms with Crippen LogP contribution in [0, 0.1) is 5.92 Å². The van der Waals surface area contributed by atoms with Crippen molar-refractivity contribution in [2.75, 3.05) is 24.8 Å². The standard InChI is InChI=1S/C16H24ClNO2S/c1-12(9-13-5-7-20-8-6-13)18-15-3-4-16(17)14(10-15)11-21(2)19/h3-4,10,12-13,18H,5-9,11H2,1-2H3/t12-,21-/m1/s1. The first kappa shape index (κ1) is 16.8. The van der Waals surface area contributed by atoms with Crippen molar-refractivity contribution in [2.45, 2.75) is 38.0 Å². The molecular formula is C16H24ClNO2S. The SMILES string of the molecule is C[C@H](CC1CCOCC1)Nc1ccc(Cl)c(C[S@@](C)=O)c1. The molecule has 1 aromatic rings. The molecule has 1 aliphatic rings. The molecule has 1 aromatic carbocycles. The molecule has 21 heavy (non-hydrogen) atoms. The fourth-order valence-corrected chi connectivity index (χ4v) is 3.76. The van der Waals surface area contributed by atoms with E-state index in [9.17, 15) is 4.21 Å². The first-order chi connectivity index (χ1) is 10.0. The molecule has 1 N–H and O–H groups in total. The molecule has 0 amide bonds. The van der Waals surface area contributed by atoms with Crippen molar-refractivity contribution in [3.63, 3.8) is 0 Å². The number of benzene rings is 1. The molecular weight excluding hydrogens is 306 g/mol. The summed E-state index contributed by atoms with van der Waals surface area (Å²) >= 11 is 6.16. The van der Waals surface area contributed by atoms with E-state index in [4.69, 9.17) is 16.3 Å². The van der Waals surface area contributed by atoms with Gasteiger partial charge in [0, 0.05) is 52.8 Å². The first-order valence-corrected chi connectivity index (χ1v) is 9.58. The van der Waals surface area contributed by atoms with Crippen LogP contribution in [0.25, 0.3) is 0 Å². The van der Waals surface area contributed by atoms with Gasteiger partial charge in [-0.05, 0) is 55.9 Å². The Morgan fingerprint density at radius 3 is 2.81 bits per heavy atom. The Kier molecular flexibility index (Phi) is 6.52. The smallest absolute Gasteiger partial charge is 0.0498 e. The quantitative estimate of drug-likeness (QED) is 0.861. The predicted octanol–water partition coefficient (Wildman–Crippen LogP) is 3.84. The minimum atomic E-state index is -0.880. The average Bonchev–Trinajstić information content (AvgIpc) is 2.43. The van der Waals surface area contributed by atoms with Gasteiger partial charge in [-0.25, -0.2) is 0 Å². The second kappa shape index (κ2) is 8.16. The number of nitrogens with one attached hydrogen (secondary N) is 1. The highest BCUT2D eigenvalue weighted by Crippen LogP contribution is 2.25. The van der Waals surface area contributed by atoms with E-state index in [1.165, 1.54) is 0 Å². The van der Waals surface area contributed by atoms with Gasteiger partial charge in [-0.1, -0.05) is 11.6 Å². The number of ether oxygens (including phenoxy) is 1. The highest BCUT2D eigenvalue weighted by molar-refractivity contribution is 7.83. The topological polar surface area (TPSA) is 38.3 Å². The van der Waals surface area contributed by atoms with Crippen LogP contribution in [-0.4, -0.2) is 29.7 Å². The lowest BCUT2D eigenvalue weighted by molar-refractivity contribution is 0.0629. The Hall–Kier alpha value is -0.580. The van der Waals surface area contributed by atoms with Crippen LogP contribution in [0.3, 0.4) is 0 Å². The van der Waals surface area contributed by atoms with Crippen LogP contribution >= 0.6 is 11.6 Å². The van der Waals surface area contributed by atoms with Crippen molar-refractivity contribution in [3.8, 4) is 0 Å². The van der Waals surface area contributed by atoms with Crippen LogP contribution < -0.4 is 5.32 Å². The summed E-state index contributed by atoms with van der Waals surface area (Å²) in [6.45, 7) is 4.00. The largest absolute Gasteiger partial charge is 0.383 e. The zero-order valence-corrected chi connectivity index (χ0v) is 14.3. The van der Waals surface area contributed by atoms with E-state index in [2.05, 4.69) is 12.2 Å². The van der Waals surface area contributed by atoms with E-state index in [-0.39, 0.29) is 0 Å². The van der Waals surface area contributed by atoms with E-state index in [1.54, 1.807) is 6.26 Å². The molecule has 2 atom stereocenters. The van der Waals surface area contributed by atoms with Gasteiger partial charge in [-0.15, -0.1) is 0 Å². The molecule has 1 heterocycles. The van der Waals surface area contributed by atoms with Gasteiger partial charge in [-0.2, -0.15) is 0 Å². The zero-order chi connectivity index (χ0) is 15.2. The highest BCUT2D eigenvalue weighted by Gasteiger charge is 2.17. The molecule has 1 aliphatic heterocycles. The van der Waals surface area contributed by atoms with Gasteiger partial charge in [-0.3, -0.25) is 4.21 Å². The van der Waals surface area contributed by atoms with E-state index in [1.807, 2.05) is 18.2 Å². The van der Waals surface area contributed by atoms with Crippen molar-refractivity contribution in [1.82, 2.24) is 0 Å². The maximum atomic E-state index is 11.4. The van der Waals surface area contributed by atoms with Crippen LogP contribution in [0.1, 0.15) is 31.7 Å². The molecule has 0 bridgehead atoms. The summed E-state index contributed by atoms with van der Waals surface area (Å²) in [6.07, 6.45) is 5.17. The van der Waals surface area contributed by atoms with E-state index >= 15 is 0 Å². The van der Waals surface area contributed by atoms with Crippen LogP contribution in [0.2, 0.25) is 5.02 Å². The minimum Gasteiger partial charge on any atom is -0.383 e. The molecule has 0 saturated carbocycles. The molecule has 1 fully saturated rings. The lowest BCUT2D eigenvalue weighted by atomic mass is 9.93. The average molecular weight is 330 g/mol. The fourth-order valence-electron chi connectivity index (χ4n) is 2.82. The van der Waals surface area contributed by atoms with Crippen LogP contribution in [-0.2, 0) is 21.3 Å². The van der Waals surface area contributed by atoms with Crippen molar-refractivity contribution in [3.05, 3.63) is 28.8 Å². The zero-order valence-electron chi connectivity index (χ0n) is 12.7. The van der Waals surface area contributed by atoms with E-state index in [0.717, 1.165) is 49.6 Å². The monoisotopic (exact) mass is 329 g/mol. The summed E-state index contributed by atoms with van der Waals surface area (Å²) in [5.41, 5.74) is 2.00. The number of anilines is 1. The van der Waals surface area contributed by atoms with Crippen molar-refractivity contribution < 1.29 is 8.95 Å². The normalized spacial score (nSPS) is 19.2. The third-order valence-electron chi connectivity index (χ3n) is 3.85.